The summed E-state index contributed by atoms with van der Waals surface area (Å²) in [5.74, 6) is -0.0559. The van der Waals surface area contributed by atoms with Gasteiger partial charge in [-0.3, -0.25) is 13.9 Å². The lowest BCUT2D eigenvalue weighted by Gasteiger charge is -2.30. The van der Waals surface area contributed by atoms with E-state index >= 15 is 0 Å². The summed E-state index contributed by atoms with van der Waals surface area (Å²) in [5, 5.41) is 3.34. The lowest BCUT2D eigenvalue weighted by atomic mass is 10.1. The Balaban J connectivity index is 2.20. The molecule has 0 saturated carbocycles. The highest BCUT2D eigenvalue weighted by Crippen LogP contribution is 2.30. The number of rotatable bonds is 14. The Labute approximate surface area is 219 Å². The van der Waals surface area contributed by atoms with E-state index in [0.29, 0.717) is 29.6 Å². The molecule has 2 amide bonds. The molecular formula is C26H36ClN3O5S. The van der Waals surface area contributed by atoms with E-state index in [-0.39, 0.29) is 37.7 Å². The zero-order chi connectivity index (χ0) is 26.7. The monoisotopic (exact) mass is 537 g/mol. The maximum atomic E-state index is 13.3. The van der Waals surface area contributed by atoms with Gasteiger partial charge in [-0.2, -0.15) is 0 Å². The summed E-state index contributed by atoms with van der Waals surface area (Å²) in [6.45, 7) is 6.62. The summed E-state index contributed by atoms with van der Waals surface area (Å²) in [5.41, 5.74) is 1.15. The predicted molar refractivity (Wildman–Crippen MR) is 144 cm³/mol. The zero-order valence-corrected chi connectivity index (χ0v) is 22.9. The Morgan fingerprint density at radius 1 is 1.08 bits per heavy atom. The van der Waals surface area contributed by atoms with Gasteiger partial charge in [-0.1, -0.05) is 48.9 Å². The summed E-state index contributed by atoms with van der Waals surface area (Å²) < 4.78 is 32.0. The molecule has 1 unspecified atom stereocenters. The molecule has 8 nitrogen and oxygen atoms in total. The standard InChI is InChI=1S/C26H36ClN3O5S/c1-5-17-28-26(32)20(3)29(19-21-12-7-8-13-22(21)27)25(31)16-11-18-30(36(4,33)34)23-14-9-10-15-24(23)35-6-2/h7-10,12-15,20H,5-6,11,16-19H2,1-4H3,(H,28,32). The molecule has 0 bridgehead atoms. The molecule has 2 aromatic carbocycles. The van der Waals surface area contributed by atoms with E-state index in [1.807, 2.05) is 26.0 Å². The number of carbonyl (C=O) groups is 2. The average Bonchev–Trinajstić information content (AvgIpc) is 2.84. The van der Waals surface area contributed by atoms with E-state index in [1.54, 1.807) is 43.3 Å². The molecule has 0 aliphatic heterocycles. The van der Waals surface area contributed by atoms with Gasteiger partial charge in [-0.25, -0.2) is 8.42 Å². The molecule has 2 rings (SSSR count). The van der Waals surface area contributed by atoms with E-state index in [9.17, 15) is 18.0 Å². The van der Waals surface area contributed by atoms with Crippen LogP contribution in [0.2, 0.25) is 5.02 Å². The fraction of sp³-hybridized carbons (Fsp3) is 0.462. The predicted octanol–water partition coefficient (Wildman–Crippen LogP) is 4.23. The minimum Gasteiger partial charge on any atom is -0.492 e. The first-order valence-corrected chi connectivity index (χ1v) is 14.3. The van der Waals surface area contributed by atoms with Gasteiger partial charge >= 0.3 is 0 Å². The van der Waals surface area contributed by atoms with Crippen molar-refractivity contribution in [3.63, 3.8) is 0 Å². The van der Waals surface area contributed by atoms with Crippen molar-refractivity contribution in [1.82, 2.24) is 10.2 Å². The van der Waals surface area contributed by atoms with Crippen molar-refractivity contribution in [3.05, 3.63) is 59.1 Å². The summed E-state index contributed by atoms with van der Waals surface area (Å²) in [6, 6.07) is 13.4. The van der Waals surface area contributed by atoms with Gasteiger partial charge in [0.1, 0.15) is 11.8 Å². The molecule has 0 radical (unpaired) electrons. The molecular weight excluding hydrogens is 502 g/mol. The number of ether oxygens (including phenoxy) is 1. The number of benzene rings is 2. The molecule has 0 fully saturated rings. The summed E-state index contributed by atoms with van der Waals surface area (Å²) in [4.78, 5) is 27.5. The maximum Gasteiger partial charge on any atom is 0.242 e. The van der Waals surface area contributed by atoms with Gasteiger partial charge in [-0.15, -0.1) is 0 Å². The second kappa shape index (κ2) is 14.1. The van der Waals surface area contributed by atoms with Crippen molar-refractivity contribution in [1.29, 1.82) is 0 Å². The third-order valence-corrected chi connectivity index (χ3v) is 7.15. The van der Waals surface area contributed by atoms with Gasteiger partial charge < -0.3 is 15.0 Å². The molecule has 1 N–H and O–H groups in total. The number of para-hydroxylation sites is 2. The van der Waals surface area contributed by atoms with Gasteiger partial charge in [0.15, 0.2) is 0 Å². The first-order valence-electron chi connectivity index (χ1n) is 12.1. The third-order valence-electron chi connectivity index (χ3n) is 5.60. The number of amides is 2. The number of sulfonamides is 1. The van der Waals surface area contributed by atoms with Crippen LogP contribution in [-0.2, 0) is 26.2 Å². The molecule has 0 saturated heterocycles. The second-order valence-corrected chi connectivity index (χ2v) is 10.7. The van der Waals surface area contributed by atoms with E-state index in [0.717, 1.165) is 18.2 Å². The quantitative estimate of drug-likeness (QED) is 0.389. The normalized spacial score (nSPS) is 12.0. The number of hydrogen-bond donors (Lipinski definition) is 1. The lowest BCUT2D eigenvalue weighted by molar-refractivity contribution is -0.140. The lowest BCUT2D eigenvalue weighted by Crippen LogP contribution is -2.48. The smallest absolute Gasteiger partial charge is 0.242 e. The Kier molecular flexibility index (Phi) is 11.5. The van der Waals surface area contributed by atoms with E-state index in [4.69, 9.17) is 16.3 Å². The first-order chi connectivity index (χ1) is 17.1. The van der Waals surface area contributed by atoms with Crippen LogP contribution in [-0.4, -0.2) is 57.1 Å². The van der Waals surface area contributed by atoms with Crippen LogP contribution in [0.5, 0.6) is 5.75 Å². The first kappa shape index (κ1) is 29.5. The van der Waals surface area contributed by atoms with Crippen LogP contribution >= 0.6 is 11.6 Å². The van der Waals surface area contributed by atoms with Crippen molar-refractivity contribution >= 4 is 39.1 Å². The van der Waals surface area contributed by atoms with E-state index < -0.39 is 16.1 Å². The van der Waals surface area contributed by atoms with Crippen LogP contribution in [0.4, 0.5) is 5.69 Å². The number of carbonyl (C=O) groups excluding carboxylic acids is 2. The van der Waals surface area contributed by atoms with E-state index in [1.165, 1.54) is 9.21 Å². The molecule has 10 heteroatoms. The molecule has 0 spiro atoms. The fourth-order valence-electron chi connectivity index (χ4n) is 3.71. The van der Waals surface area contributed by atoms with Crippen LogP contribution in [0.15, 0.2) is 48.5 Å². The SMILES string of the molecule is CCCNC(=O)C(C)N(Cc1ccccc1Cl)C(=O)CCCN(c1ccccc1OCC)S(C)(=O)=O. The van der Waals surface area contributed by atoms with Crippen molar-refractivity contribution in [2.24, 2.45) is 0 Å². The van der Waals surface area contributed by atoms with Gasteiger partial charge in [0, 0.05) is 31.1 Å². The molecule has 0 aliphatic rings. The van der Waals surface area contributed by atoms with Crippen molar-refractivity contribution in [3.8, 4) is 5.75 Å². The summed E-state index contributed by atoms with van der Waals surface area (Å²) in [7, 11) is -3.62. The Bertz CT molecular complexity index is 1130. The molecule has 2 aromatic rings. The van der Waals surface area contributed by atoms with Crippen LogP contribution < -0.4 is 14.4 Å². The number of nitrogens with zero attached hydrogens (tertiary/aromatic N) is 2. The third kappa shape index (κ3) is 8.41. The van der Waals surface area contributed by atoms with Crippen molar-refractivity contribution in [2.75, 3.05) is 30.3 Å². The van der Waals surface area contributed by atoms with Gasteiger partial charge in [-0.05, 0) is 50.5 Å². The molecule has 198 valence electrons. The van der Waals surface area contributed by atoms with Crippen LogP contribution in [0, 0.1) is 0 Å². The topological polar surface area (TPSA) is 96.0 Å². The zero-order valence-electron chi connectivity index (χ0n) is 21.4. The highest BCUT2D eigenvalue weighted by atomic mass is 35.5. The summed E-state index contributed by atoms with van der Waals surface area (Å²) in [6.07, 6.45) is 2.22. The van der Waals surface area contributed by atoms with Crippen LogP contribution in [0.3, 0.4) is 0 Å². The Hall–Kier alpha value is -2.78. The van der Waals surface area contributed by atoms with Crippen LogP contribution in [0.1, 0.15) is 45.6 Å². The largest absolute Gasteiger partial charge is 0.492 e. The Morgan fingerprint density at radius 2 is 1.75 bits per heavy atom. The molecule has 0 aliphatic carbocycles. The highest BCUT2D eigenvalue weighted by Gasteiger charge is 2.27. The number of nitrogens with one attached hydrogen (secondary N) is 1. The van der Waals surface area contributed by atoms with Crippen molar-refractivity contribution < 1.29 is 22.7 Å². The average molecular weight is 538 g/mol. The minimum absolute atomic E-state index is 0.0542. The fourth-order valence-corrected chi connectivity index (χ4v) is 4.88. The van der Waals surface area contributed by atoms with E-state index in [2.05, 4.69) is 5.32 Å². The summed E-state index contributed by atoms with van der Waals surface area (Å²) >= 11 is 6.32. The van der Waals surface area contributed by atoms with Crippen LogP contribution in [0.25, 0.3) is 0 Å². The number of hydrogen-bond acceptors (Lipinski definition) is 5. The highest BCUT2D eigenvalue weighted by molar-refractivity contribution is 7.92. The van der Waals surface area contributed by atoms with Gasteiger partial charge in [0.25, 0.3) is 0 Å². The number of anilines is 1. The second-order valence-electron chi connectivity index (χ2n) is 8.42. The van der Waals surface area contributed by atoms with Gasteiger partial charge in [0.2, 0.25) is 21.8 Å². The molecule has 0 heterocycles. The molecule has 36 heavy (non-hydrogen) atoms. The Morgan fingerprint density at radius 3 is 2.39 bits per heavy atom. The minimum atomic E-state index is -3.62. The van der Waals surface area contributed by atoms with Crippen molar-refractivity contribution in [2.45, 2.75) is 52.6 Å². The maximum absolute atomic E-state index is 13.3. The van der Waals surface area contributed by atoms with Gasteiger partial charge in [0.05, 0.1) is 18.6 Å². The molecule has 1 atom stereocenters. The molecule has 0 aromatic heterocycles. The number of halogens is 1.